The second-order valence-electron chi connectivity index (χ2n) is 5.62. The number of hydrogen-bond acceptors (Lipinski definition) is 3. The lowest BCUT2D eigenvalue weighted by molar-refractivity contribution is 0.294. The zero-order valence-corrected chi connectivity index (χ0v) is 13.2. The smallest absolute Gasteiger partial charge is 0.241 e. The molecule has 1 aliphatic rings. The molecule has 0 bridgehead atoms. The van der Waals surface area contributed by atoms with E-state index in [0.29, 0.717) is 5.56 Å². The Hall–Kier alpha value is -0.980. The number of benzene rings is 1. The van der Waals surface area contributed by atoms with E-state index in [1.54, 1.807) is 24.3 Å². The number of thiocarbonyl (C=S) groups is 1. The van der Waals surface area contributed by atoms with E-state index < -0.39 is 10.0 Å². The molecule has 0 unspecified atom stereocenters. The number of nitrogens with one attached hydrogen (secondary N) is 1. The Morgan fingerprint density at radius 2 is 1.75 bits per heavy atom. The Balaban J connectivity index is 2.19. The Kier molecular flexibility index (Phi) is 4.46. The Bertz CT molecular complexity index is 588. The van der Waals surface area contributed by atoms with Crippen molar-refractivity contribution in [2.45, 2.75) is 49.5 Å². The second kappa shape index (κ2) is 5.79. The fourth-order valence-corrected chi connectivity index (χ4v) is 4.22. The highest BCUT2D eigenvalue weighted by molar-refractivity contribution is 7.89. The average molecular weight is 312 g/mol. The van der Waals surface area contributed by atoms with E-state index in [9.17, 15) is 8.42 Å². The summed E-state index contributed by atoms with van der Waals surface area (Å²) in [4.78, 5) is 0.519. The molecule has 0 heterocycles. The fourth-order valence-electron chi connectivity index (χ4n) is 2.62. The van der Waals surface area contributed by atoms with Crippen molar-refractivity contribution in [3.63, 3.8) is 0 Å². The zero-order valence-electron chi connectivity index (χ0n) is 11.6. The van der Waals surface area contributed by atoms with Crippen LogP contribution in [0.3, 0.4) is 0 Å². The van der Waals surface area contributed by atoms with E-state index in [1.165, 1.54) is 6.42 Å². The zero-order chi connectivity index (χ0) is 14.8. The molecule has 0 radical (unpaired) electrons. The molecule has 1 aliphatic carbocycles. The van der Waals surface area contributed by atoms with Gasteiger partial charge in [0.1, 0.15) is 4.99 Å². The summed E-state index contributed by atoms with van der Waals surface area (Å²) >= 11 is 4.86. The first-order chi connectivity index (χ1) is 9.32. The highest BCUT2D eigenvalue weighted by Gasteiger charge is 2.31. The van der Waals surface area contributed by atoms with Gasteiger partial charge in [-0.15, -0.1) is 0 Å². The van der Waals surface area contributed by atoms with Crippen LogP contribution in [0.2, 0.25) is 0 Å². The van der Waals surface area contributed by atoms with Crippen LogP contribution in [-0.4, -0.2) is 18.9 Å². The van der Waals surface area contributed by atoms with Crippen molar-refractivity contribution in [3.8, 4) is 0 Å². The van der Waals surface area contributed by atoms with Crippen LogP contribution >= 0.6 is 12.2 Å². The van der Waals surface area contributed by atoms with Gasteiger partial charge in [-0.25, -0.2) is 13.1 Å². The highest BCUT2D eigenvalue weighted by Crippen LogP contribution is 2.29. The van der Waals surface area contributed by atoms with Gasteiger partial charge in [-0.1, -0.05) is 43.6 Å². The van der Waals surface area contributed by atoms with Crippen LogP contribution in [0, 0.1) is 0 Å². The molecule has 4 nitrogen and oxygen atoms in total. The van der Waals surface area contributed by atoms with Gasteiger partial charge >= 0.3 is 0 Å². The standard InChI is InChI=1S/C14H20N2O2S2/c1-14(9-3-2-4-10-14)16-20(17,18)12-7-5-11(6-8-12)13(15)19/h5-8,16H,2-4,9-10H2,1H3,(H2,15,19). The second-order valence-corrected chi connectivity index (χ2v) is 7.74. The van der Waals surface area contributed by atoms with Crippen molar-refractivity contribution in [2.75, 3.05) is 0 Å². The predicted octanol–water partition coefficient (Wildman–Crippen LogP) is 2.32. The Morgan fingerprint density at radius 3 is 2.25 bits per heavy atom. The summed E-state index contributed by atoms with van der Waals surface area (Å²) in [6.07, 6.45) is 5.09. The topological polar surface area (TPSA) is 72.2 Å². The summed E-state index contributed by atoms with van der Waals surface area (Å²) in [6, 6.07) is 6.37. The molecule has 1 saturated carbocycles. The van der Waals surface area contributed by atoms with Crippen LogP contribution in [0.25, 0.3) is 0 Å². The van der Waals surface area contributed by atoms with E-state index in [0.717, 1.165) is 25.7 Å². The molecular formula is C14H20N2O2S2. The number of hydrogen-bond donors (Lipinski definition) is 2. The third-order valence-corrected chi connectivity index (χ3v) is 5.68. The predicted molar refractivity (Wildman–Crippen MR) is 84.1 cm³/mol. The number of rotatable bonds is 4. The van der Waals surface area contributed by atoms with E-state index in [4.69, 9.17) is 18.0 Å². The molecule has 1 fully saturated rings. The number of sulfonamides is 1. The normalized spacial score (nSPS) is 18.6. The van der Waals surface area contributed by atoms with Gasteiger partial charge < -0.3 is 5.73 Å². The third-order valence-electron chi connectivity index (χ3n) is 3.79. The summed E-state index contributed by atoms with van der Waals surface area (Å²) in [5.74, 6) is 0. The molecule has 1 aromatic carbocycles. The molecule has 0 saturated heterocycles. The SMILES string of the molecule is CC1(NS(=O)(=O)c2ccc(C(N)=S)cc2)CCCCC1. The molecule has 0 aliphatic heterocycles. The first-order valence-corrected chi connectivity index (χ1v) is 8.65. The minimum Gasteiger partial charge on any atom is -0.389 e. The van der Waals surface area contributed by atoms with Gasteiger partial charge in [-0.05, 0) is 31.9 Å². The van der Waals surface area contributed by atoms with Crippen LogP contribution in [-0.2, 0) is 10.0 Å². The van der Waals surface area contributed by atoms with E-state index >= 15 is 0 Å². The molecule has 0 spiro atoms. The third kappa shape index (κ3) is 3.56. The van der Waals surface area contributed by atoms with Gasteiger partial charge in [0.15, 0.2) is 0 Å². The minimum atomic E-state index is -3.49. The van der Waals surface area contributed by atoms with Gasteiger partial charge in [-0.3, -0.25) is 0 Å². The van der Waals surface area contributed by atoms with Crippen molar-refractivity contribution in [1.82, 2.24) is 4.72 Å². The largest absolute Gasteiger partial charge is 0.389 e. The molecule has 110 valence electrons. The summed E-state index contributed by atoms with van der Waals surface area (Å²) in [7, 11) is -3.49. The molecule has 0 amide bonds. The fraction of sp³-hybridized carbons (Fsp3) is 0.500. The summed E-state index contributed by atoms with van der Waals surface area (Å²) in [5, 5.41) is 0. The minimum absolute atomic E-state index is 0.254. The average Bonchev–Trinajstić information content (AvgIpc) is 2.38. The highest BCUT2D eigenvalue weighted by atomic mass is 32.2. The lowest BCUT2D eigenvalue weighted by Gasteiger charge is -2.34. The monoisotopic (exact) mass is 312 g/mol. The van der Waals surface area contributed by atoms with Gasteiger partial charge in [0, 0.05) is 11.1 Å². The van der Waals surface area contributed by atoms with E-state index in [1.807, 2.05) is 6.92 Å². The van der Waals surface area contributed by atoms with Crippen LogP contribution in [0.4, 0.5) is 0 Å². The molecule has 1 aromatic rings. The maximum absolute atomic E-state index is 12.4. The summed E-state index contributed by atoms with van der Waals surface area (Å²) < 4.78 is 27.7. The quantitative estimate of drug-likeness (QED) is 0.837. The van der Waals surface area contributed by atoms with Crippen LogP contribution in [0.5, 0.6) is 0 Å². The van der Waals surface area contributed by atoms with Gasteiger partial charge in [-0.2, -0.15) is 0 Å². The molecule has 0 atom stereocenters. The summed E-state index contributed by atoms with van der Waals surface area (Å²) in [5.41, 5.74) is 5.84. The lowest BCUT2D eigenvalue weighted by Crippen LogP contribution is -2.47. The lowest BCUT2D eigenvalue weighted by atomic mass is 9.84. The van der Waals surface area contributed by atoms with Gasteiger partial charge in [0.2, 0.25) is 10.0 Å². The van der Waals surface area contributed by atoms with Crippen LogP contribution < -0.4 is 10.5 Å². The van der Waals surface area contributed by atoms with Crippen molar-refractivity contribution < 1.29 is 8.42 Å². The number of nitrogens with two attached hydrogens (primary N) is 1. The maximum atomic E-state index is 12.4. The Labute approximate surface area is 125 Å². The van der Waals surface area contributed by atoms with Crippen molar-refractivity contribution in [2.24, 2.45) is 5.73 Å². The Morgan fingerprint density at radius 1 is 1.20 bits per heavy atom. The van der Waals surface area contributed by atoms with Crippen LogP contribution in [0.1, 0.15) is 44.6 Å². The first-order valence-electron chi connectivity index (χ1n) is 6.76. The maximum Gasteiger partial charge on any atom is 0.241 e. The van der Waals surface area contributed by atoms with E-state index in [-0.39, 0.29) is 15.4 Å². The van der Waals surface area contributed by atoms with E-state index in [2.05, 4.69) is 4.72 Å². The van der Waals surface area contributed by atoms with Crippen molar-refractivity contribution in [1.29, 1.82) is 0 Å². The van der Waals surface area contributed by atoms with Crippen LogP contribution in [0.15, 0.2) is 29.2 Å². The van der Waals surface area contributed by atoms with Crippen molar-refractivity contribution in [3.05, 3.63) is 29.8 Å². The molecule has 0 aromatic heterocycles. The molecule has 6 heteroatoms. The molecule has 20 heavy (non-hydrogen) atoms. The van der Waals surface area contributed by atoms with Gasteiger partial charge in [0.05, 0.1) is 4.90 Å². The van der Waals surface area contributed by atoms with Gasteiger partial charge in [0.25, 0.3) is 0 Å². The molecular weight excluding hydrogens is 292 g/mol. The summed E-state index contributed by atoms with van der Waals surface area (Å²) in [6.45, 7) is 1.98. The first kappa shape index (κ1) is 15.4. The molecule has 3 N–H and O–H groups in total. The molecule has 2 rings (SSSR count). The van der Waals surface area contributed by atoms with Crippen molar-refractivity contribution >= 4 is 27.2 Å².